The fraction of sp³-hybridized carbons (Fsp3) is 0.933. The summed E-state index contributed by atoms with van der Waals surface area (Å²) in [7, 11) is 0. The van der Waals surface area contributed by atoms with Crippen molar-refractivity contribution in [1.29, 1.82) is 0 Å². The Bertz CT molecular complexity index is 322. The molecule has 2 aliphatic heterocycles. The maximum atomic E-state index is 12.2. The second kappa shape index (κ2) is 4.84. The molecule has 1 aliphatic carbocycles. The van der Waals surface area contributed by atoms with E-state index >= 15 is 0 Å². The molecule has 0 aromatic heterocycles. The smallest absolute Gasteiger partial charge is 0.310 e. The number of fused-ring (bicyclic) bond motifs is 2. The summed E-state index contributed by atoms with van der Waals surface area (Å²) in [6, 6.07) is 0.488. The van der Waals surface area contributed by atoms with Crippen LogP contribution in [-0.4, -0.2) is 35.6 Å². The van der Waals surface area contributed by atoms with Crippen molar-refractivity contribution in [2.75, 3.05) is 13.2 Å². The Morgan fingerprint density at radius 2 is 2.06 bits per heavy atom. The molecule has 0 aromatic carbocycles. The highest BCUT2D eigenvalue weighted by atomic mass is 16.5. The van der Waals surface area contributed by atoms with E-state index in [-0.39, 0.29) is 11.9 Å². The lowest BCUT2D eigenvalue weighted by Gasteiger charge is -2.41. The van der Waals surface area contributed by atoms with Gasteiger partial charge in [-0.25, -0.2) is 0 Å². The molecule has 0 radical (unpaired) electrons. The van der Waals surface area contributed by atoms with Crippen LogP contribution in [0.5, 0.6) is 0 Å². The van der Waals surface area contributed by atoms with Crippen LogP contribution in [0, 0.1) is 5.92 Å². The summed E-state index contributed by atoms with van der Waals surface area (Å²) in [5.74, 6) is 0.224. The molecule has 0 bridgehead atoms. The van der Waals surface area contributed by atoms with Gasteiger partial charge >= 0.3 is 5.97 Å². The van der Waals surface area contributed by atoms with E-state index in [9.17, 15) is 4.79 Å². The molecule has 2 saturated heterocycles. The van der Waals surface area contributed by atoms with E-state index in [4.69, 9.17) is 4.74 Å². The summed E-state index contributed by atoms with van der Waals surface area (Å²) in [6.07, 6.45) is 10.2. The molecule has 3 nitrogen and oxygen atoms in total. The second-order valence-corrected chi connectivity index (χ2v) is 6.25. The first kappa shape index (κ1) is 12.5. The third kappa shape index (κ3) is 1.87. The predicted molar refractivity (Wildman–Crippen MR) is 70.3 cm³/mol. The Kier molecular flexibility index (Phi) is 3.35. The van der Waals surface area contributed by atoms with Crippen LogP contribution in [0.4, 0.5) is 0 Å². The topological polar surface area (TPSA) is 29.5 Å². The molecule has 1 saturated carbocycles. The van der Waals surface area contributed by atoms with Crippen molar-refractivity contribution in [3.05, 3.63) is 0 Å². The van der Waals surface area contributed by atoms with Crippen molar-refractivity contribution in [3.8, 4) is 0 Å². The minimum Gasteiger partial charge on any atom is -0.466 e. The number of carbonyl (C=O) groups excluding carboxylic acids is 1. The number of hydrogen-bond acceptors (Lipinski definition) is 3. The maximum absolute atomic E-state index is 12.2. The van der Waals surface area contributed by atoms with E-state index in [2.05, 4.69) is 4.90 Å². The quantitative estimate of drug-likeness (QED) is 0.707. The third-order valence-electron chi connectivity index (χ3n) is 5.35. The summed E-state index contributed by atoms with van der Waals surface area (Å²) in [5.41, 5.74) is 0.358. The fourth-order valence-corrected chi connectivity index (χ4v) is 4.65. The SMILES string of the molecule is CCOC(=O)[C@H]1CC2(CCCCC2)N2CCC[C@H]12. The second-order valence-electron chi connectivity index (χ2n) is 6.25. The van der Waals surface area contributed by atoms with Crippen LogP contribution in [0.15, 0.2) is 0 Å². The lowest BCUT2D eigenvalue weighted by atomic mass is 9.78. The Labute approximate surface area is 110 Å². The lowest BCUT2D eigenvalue weighted by molar-refractivity contribution is -0.148. The molecule has 0 unspecified atom stereocenters. The van der Waals surface area contributed by atoms with Crippen LogP contribution < -0.4 is 0 Å². The minimum atomic E-state index is 0.0665. The van der Waals surface area contributed by atoms with Crippen LogP contribution in [0.25, 0.3) is 0 Å². The van der Waals surface area contributed by atoms with Crippen molar-refractivity contribution in [3.63, 3.8) is 0 Å². The molecule has 2 atom stereocenters. The summed E-state index contributed by atoms with van der Waals surface area (Å²) in [4.78, 5) is 14.9. The van der Waals surface area contributed by atoms with Gasteiger partial charge in [-0.2, -0.15) is 0 Å². The van der Waals surface area contributed by atoms with E-state index in [0.717, 1.165) is 6.42 Å². The number of esters is 1. The average Bonchev–Trinajstić information content (AvgIpc) is 2.95. The van der Waals surface area contributed by atoms with Gasteiger partial charge in [0.2, 0.25) is 0 Å². The van der Waals surface area contributed by atoms with Crippen LogP contribution >= 0.6 is 0 Å². The first-order valence-electron chi connectivity index (χ1n) is 7.70. The zero-order chi connectivity index (χ0) is 12.6. The molecule has 3 heteroatoms. The van der Waals surface area contributed by atoms with E-state index in [1.54, 1.807) is 0 Å². The largest absolute Gasteiger partial charge is 0.466 e. The molecule has 0 aromatic rings. The van der Waals surface area contributed by atoms with Gasteiger partial charge in [0.05, 0.1) is 12.5 Å². The number of hydrogen-bond donors (Lipinski definition) is 0. The normalized spacial score (nSPS) is 34.7. The molecular weight excluding hydrogens is 226 g/mol. The fourth-order valence-electron chi connectivity index (χ4n) is 4.65. The first-order chi connectivity index (χ1) is 8.77. The Morgan fingerprint density at radius 1 is 1.28 bits per heavy atom. The maximum Gasteiger partial charge on any atom is 0.310 e. The van der Waals surface area contributed by atoms with Gasteiger partial charge in [-0.15, -0.1) is 0 Å². The Hall–Kier alpha value is -0.570. The van der Waals surface area contributed by atoms with Gasteiger partial charge in [-0.1, -0.05) is 19.3 Å². The average molecular weight is 251 g/mol. The van der Waals surface area contributed by atoms with Gasteiger partial charge in [0, 0.05) is 11.6 Å². The number of ether oxygens (including phenoxy) is 1. The van der Waals surface area contributed by atoms with Crippen LogP contribution in [-0.2, 0) is 9.53 Å². The van der Waals surface area contributed by atoms with Crippen molar-refractivity contribution in [2.45, 2.75) is 69.9 Å². The van der Waals surface area contributed by atoms with E-state index < -0.39 is 0 Å². The molecule has 3 fully saturated rings. The number of rotatable bonds is 2. The van der Waals surface area contributed by atoms with Crippen molar-refractivity contribution in [2.24, 2.45) is 5.92 Å². The highest BCUT2D eigenvalue weighted by molar-refractivity contribution is 5.74. The highest BCUT2D eigenvalue weighted by Crippen LogP contribution is 2.50. The third-order valence-corrected chi connectivity index (χ3v) is 5.35. The van der Waals surface area contributed by atoms with Crippen LogP contribution in [0.1, 0.15) is 58.3 Å². The highest BCUT2D eigenvalue weighted by Gasteiger charge is 2.55. The van der Waals surface area contributed by atoms with Gasteiger partial charge in [0.1, 0.15) is 0 Å². The van der Waals surface area contributed by atoms with Gasteiger partial charge < -0.3 is 4.74 Å². The standard InChI is InChI=1S/C15H25NO2/c1-2-18-14(17)12-11-15(8-4-3-5-9-15)16-10-6-7-13(12)16/h12-13H,2-11H2,1H3/t12-,13+/m0/s1. The Morgan fingerprint density at radius 3 is 2.78 bits per heavy atom. The molecule has 102 valence electrons. The molecular formula is C15H25NO2. The molecule has 3 rings (SSSR count). The monoisotopic (exact) mass is 251 g/mol. The van der Waals surface area contributed by atoms with Crippen LogP contribution in [0.2, 0.25) is 0 Å². The van der Waals surface area contributed by atoms with Gasteiger partial charge in [-0.05, 0) is 45.6 Å². The van der Waals surface area contributed by atoms with E-state index in [0.29, 0.717) is 18.2 Å². The van der Waals surface area contributed by atoms with E-state index in [1.807, 2.05) is 6.92 Å². The summed E-state index contributed by atoms with van der Waals surface area (Å²) in [6.45, 7) is 3.64. The molecule has 18 heavy (non-hydrogen) atoms. The summed E-state index contributed by atoms with van der Waals surface area (Å²) in [5, 5.41) is 0. The van der Waals surface area contributed by atoms with Gasteiger partial charge in [-0.3, -0.25) is 9.69 Å². The molecule has 0 N–H and O–H groups in total. The zero-order valence-electron chi connectivity index (χ0n) is 11.5. The summed E-state index contributed by atoms with van der Waals surface area (Å²) >= 11 is 0. The minimum absolute atomic E-state index is 0.0665. The number of carbonyl (C=O) groups is 1. The van der Waals surface area contributed by atoms with E-state index in [1.165, 1.54) is 51.5 Å². The van der Waals surface area contributed by atoms with Crippen LogP contribution in [0.3, 0.4) is 0 Å². The molecule has 0 amide bonds. The molecule has 2 heterocycles. The number of nitrogens with zero attached hydrogens (tertiary/aromatic N) is 1. The molecule has 1 spiro atoms. The lowest BCUT2D eigenvalue weighted by Crippen LogP contribution is -2.46. The van der Waals surface area contributed by atoms with Crippen molar-refractivity contribution < 1.29 is 9.53 Å². The molecule has 3 aliphatic rings. The summed E-state index contributed by atoms with van der Waals surface area (Å²) < 4.78 is 5.30. The first-order valence-corrected chi connectivity index (χ1v) is 7.70. The van der Waals surface area contributed by atoms with Crippen molar-refractivity contribution >= 4 is 5.97 Å². The van der Waals surface area contributed by atoms with Gasteiger partial charge in [0.25, 0.3) is 0 Å². The predicted octanol–water partition coefficient (Wildman–Crippen LogP) is 2.74. The Balaban J connectivity index is 1.80. The zero-order valence-corrected chi connectivity index (χ0v) is 11.5. The van der Waals surface area contributed by atoms with Crippen molar-refractivity contribution in [1.82, 2.24) is 4.90 Å². The van der Waals surface area contributed by atoms with Gasteiger partial charge in [0.15, 0.2) is 0 Å².